The summed E-state index contributed by atoms with van der Waals surface area (Å²) in [5.74, 6) is 0.376. The lowest BCUT2D eigenvalue weighted by Crippen LogP contribution is -2.67. The maximum absolute atomic E-state index is 14.8. The van der Waals surface area contributed by atoms with Gasteiger partial charge in [-0.3, -0.25) is 4.79 Å². The second kappa shape index (κ2) is 9.83. The van der Waals surface area contributed by atoms with Crippen LogP contribution in [0, 0.1) is 11.8 Å². The molecule has 0 radical (unpaired) electrons. The Balaban J connectivity index is 1.74. The molecule has 6 unspecified atom stereocenters. The lowest BCUT2D eigenvalue weighted by molar-refractivity contribution is -0.142. The Labute approximate surface area is 191 Å². The number of rotatable bonds is 4. The van der Waals surface area contributed by atoms with E-state index in [4.69, 9.17) is 4.74 Å². The first-order valence-corrected chi connectivity index (χ1v) is 13.6. The Hall–Kier alpha value is -1.42. The number of nitrogens with zero attached hydrogens (tertiary/aromatic N) is 2. The van der Waals surface area contributed by atoms with E-state index in [1.165, 1.54) is 0 Å². The van der Waals surface area contributed by atoms with Crippen molar-refractivity contribution < 1.29 is 27.1 Å². The van der Waals surface area contributed by atoms with E-state index in [2.05, 4.69) is 4.72 Å². The first-order chi connectivity index (χ1) is 14.9. The fourth-order valence-corrected chi connectivity index (χ4v) is 6.91. The number of ether oxygens (including phenoxy) is 1. The molecule has 0 spiro atoms. The van der Waals surface area contributed by atoms with Crippen LogP contribution in [-0.2, 0) is 19.6 Å². The van der Waals surface area contributed by atoms with Crippen LogP contribution in [-0.4, -0.2) is 79.5 Å². The van der Waals surface area contributed by atoms with Crippen LogP contribution in [0.4, 0.5) is 9.18 Å². The molecule has 0 aromatic rings. The van der Waals surface area contributed by atoms with Crippen molar-refractivity contribution >= 4 is 22.0 Å². The number of sulfonamides is 1. The Morgan fingerprint density at radius 1 is 1.06 bits per heavy atom. The summed E-state index contributed by atoms with van der Waals surface area (Å²) in [7, 11) is -3.45. The standard InChI is InChI=1S/C22H38FN3O5S/c1-13(2)31-22(28)25-12-14(3)26(15(4)27)20-9-7-17(11-21(20)25)16-6-8-19(18(23)10-16)24-32(5,29)30/h13-14,16-21,24H,6-12H2,1-5H3/t14-,16?,17?,18?,19?,20?,21?/m0/s1. The molecule has 7 atom stereocenters. The molecule has 32 heavy (non-hydrogen) atoms. The molecule has 0 bridgehead atoms. The van der Waals surface area contributed by atoms with Gasteiger partial charge in [0, 0.05) is 19.5 Å². The zero-order valence-electron chi connectivity index (χ0n) is 19.8. The minimum Gasteiger partial charge on any atom is -0.447 e. The summed E-state index contributed by atoms with van der Waals surface area (Å²) in [6, 6.07) is -0.960. The third-order valence-corrected chi connectivity index (χ3v) is 8.03. The highest BCUT2D eigenvalue weighted by molar-refractivity contribution is 7.88. The molecule has 2 aliphatic carbocycles. The number of hydrogen-bond acceptors (Lipinski definition) is 5. The molecule has 0 aromatic heterocycles. The second-order valence-corrected chi connectivity index (χ2v) is 11.9. The number of carbonyl (C=O) groups excluding carboxylic acids is 2. The van der Waals surface area contributed by atoms with E-state index < -0.39 is 22.2 Å². The van der Waals surface area contributed by atoms with Crippen LogP contribution < -0.4 is 4.72 Å². The second-order valence-electron chi connectivity index (χ2n) is 10.2. The third-order valence-electron chi connectivity index (χ3n) is 7.29. The van der Waals surface area contributed by atoms with Crippen LogP contribution in [0.15, 0.2) is 0 Å². The maximum atomic E-state index is 14.8. The number of halogens is 1. The molecular weight excluding hydrogens is 437 g/mol. The van der Waals surface area contributed by atoms with Gasteiger partial charge in [-0.05, 0) is 71.1 Å². The van der Waals surface area contributed by atoms with Crippen molar-refractivity contribution in [1.82, 2.24) is 14.5 Å². The molecule has 1 saturated heterocycles. The number of hydrogen-bond donors (Lipinski definition) is 1. The van der Waals surface area contributed by atoms with Crippen molar-refractivity contribution in [2.24, 2.45) is 11.8 Å². The first kappa shape index (κ1) is 25.2. The molecule has 1 heterocycles. The fourth-order valence-electron chi connectivity index (χ4n) is 6.09. The highest BCUT2D eigenvalue weighted by atomic mass is 32.2. The van der Waals surface area contributed by atoms with Crippen LogP contribution in [0.25, 0.3) is 0 Å². The summed E-state index contributed by atoms with van der Waals surface area (Å²) in [5, 5.41) is 0. The lowest BCUT2D eigenvalue weighted by atomic mass is 9.68. The molecule has 0 aromatic carbocycles. The van der Waals surface area contributed by atoms with Crippen molar-refractivity contribution in [2.75, 3.05) is 12.8 Å². The van der Waals surface area contributed by atoms with E-state index in [-0.39, 0.29) is 48.1 Å². The zero-order valence-corrected chi connectivity index (χ0v) is 20.6. The van der Waals surface area contributed by atoms with Crippen molar-refractivity contribution in [3.05, 3.63) is 0 Å². The maximum Gasteiger partial charge on any atom is 0.410 e. The molecule has 184 valence electrons. The molecule has 3 rings (SSSR count). The quantitative estimate of drug-likeness (QED) is 0.674. The largest absolute Gasteiger partial charge is 0.447 e. The minimum atomic E-state index is -3.45. The number of piperazine rings is 1. The third kappa shape index (κ3) is 5.73. The number of alkyl halides is 1. The van der Waals surface area contributed by atoms with Gasteiger partial charge in [0.25, 0.3) is 0 Å². The summed E-state index contributed by atoms with van der Waals surface area (Å²) < 4.78 is 45.8. The highest BCUT2D eigenvalue weighted by Crippen LogP contribution is 2.43. The molecule has 1 N–H and O–H groups in total. The summed E-state index contributed by atoms with van der Waals surface area (Å²) in [4.78, 5) is 28.9. The summed E-state index contributed by atoms with van der Waals surface area (Å²) >= 11 is 0. The summed E-state index contributed by atoms with van der Waals surface area (Å²) in [6.45, 7) is 7.60. The highest BCUT2D eigenvalue weighted by Gasteiger charge is 2.48. The van der Waals surface area contributed by atoms with E-state index in [0.29, 0.717) is 25.8 Å². The lowest BCUT2D eigenvalue weighted by Gasteiger charge is -2.54. The zero-order chi connectivity index (χ0) is 23.8. The van der Waals surface area contributed by atoms with E-state index in [1.807, 2.05) is 25.7 Å². The molecule has 2 saturated carbocycles. The average Bonchev–Trinajstić information content (AvgIpc) is 2.66. The first-order valence-electron chi connectivity index (χ1n) is 11.7. The Morgan fingerprint density at radius 2 is 1.69 bits per heavy atom. The number of carbonyl (C=O) groups is 2. The number of fused-ring (bicyclic) bond motifs is 1. The van der Waals surface area contributed by atoms with Crippen molar-refractivity contribution in [3.63, 3.8) is 0 Å². The van der Waals surface area contributed by atoms with Crippen LogP contribution >= 0.6 is 0 Å². The van der Waals surface area contributed by atoms with Gasteiger partial charge in [0.2, 0.25) is 15.9 Å². The predicted octanol–water partition coefficient (Wildman–Crippen LogP) is 2.68. The molecule has 1 aliphatic heterocycles. The van der Waals surface area contributed by atoms with Gasteiger partial charge in [0.05, 0.1) is 30.5 Å². The van der Waals surface area contributed by atoms with E-state index >= 15 is 0 Å². The van der Waals surface area contributed by atoms with Gasteiger partial charge in [-0.15, -0.1) is 0 Å². The van der Waals surface area contributed by atoms with Gasteiger partial charge in [-0.25, -0.2) is 22.3 Å². The van der Waals surface area contributed by atoms with Gasteiger partial charge in [-0.2, -0.15) is 0 Å². The van der Waals surface area contributed by atoms with Crippen LogP contribution in [0.3, 0.4) is 0 Å². The Morgan fingerprint density at radius 3 is 2.25 bits per heavy atom. The topological polar surface area (TPSA) is 96.0 Å². The van der Waals surface area contributed by atoms with Crippen LogP contribution in [0.1, 0.15) is 66.2 Å². The average molecular weight is 476 g/mol. The minimum absolute atomic E-state index is 0.0130. The van der Waals surface area contributed by atoms with Crippen molar-refractivity contribution in [2.45, 2.75) is 103 Å². The number of amides is 2. The predicted molar refractivity (Wildman–Crippen MR) is 119 cm³/mol. The fraction of sp³-hybridized carbons (Fsp3) is 0.909. The molecule has 2 amide bonds. The van der Waals surface area contributed by atoms with Crippen molar-refractivity contribution in [1.29, 1.82) is 0 Å². The number of nitrogens with one attached hydrogen (secondary N) is 1. The smallest absolute Gasteiger partial charge is 0.410 e. The van der Waals surface area contributed by atoms with E-state index in [0.717, 1.165) is 25.5 Å². The molecule has 8 nitrogen and oxygen atoms in total. The Kier molecular flexibility index (Phi) is 7.74. The SMILES string of the molecule is CC(=O)N1C2CCC(C3CCC(NS(C)(=O)=O)C(F)C3)CC2N(C(=O)OC(C)C)C[C@@H]1C. The van der Waals surface area contributed by atoms with Crippen molar-refractivity contribution in [3.8, 4) is 0 Å². The van der Waals surface area contributed by atoms with Gasteiger partial charge in [-0.1, -0.05) is 0 Å². The van der Waals surface area contributed by atoms with E-state index in [9.17, 15) is 22.4 Å². The Bertz CT molecular complexity index is 807. The van der Waals surface area contributed by atoms with Crippen LogP contribution in [0.2, 0.25) is 0 Å². The summed E-state index contributed by atoms with van der Waals surface area (Å²) in [5.41, 5.74) is 0. The monoisotopic (exact) mass is 475 g/mol. The summed E-state index contributed by atoms with van der Waals surface area (Å²) in [6.07, 6.45) is 3.13. The normalized spacial score (nSPS) is 36.0. The van der Waals surface area contributed by atoms with Gasteiger partial charge in [0.1, 0.15) is 6.17 Å². The molecule has 3 fully saturated rings. The molecular formula is C22H38FN3O5S. The molecule has 10 heteroatoms. The van der Waals surface area contributed by atoms with E-state index in [1.54, 1.807) is 11.8 Å². The van der Waals surface area contributed by atoms with Gasteiger partial charge >= 0.3 is 6.09 Å². The van der Waals surface area contributed by atoms with Gasteiger partial charge in [0.15, 0.2) is 0 Å². The van der Waals surface area contributed by atoms with Crippen LogP contribution in [0.5, 0.6) is 0 Å². The van der Waals surface area contributed by atoms with Gasteiger partial charge < -0.3 is 14.5 Å². The molecule has 3 aliphatic rings.